The highest BCUT2D eigenvalue weighted by molar-refractivity contribution is 7.45. The van der Waals surface area contributed by atoms with Gasteiger partial charge in [0.05, 0.1) is 19.4 Å². The molecule has 1 aromatic rings. The zero-order chi connectivity index (χ0) is 43.4. The highest BCUT2D eigenvalue weighted by Gasteiger charge is 2.27. The van der Waals surface area contributed by atoms with Crippen LogP contribution in [0.15, 0.2) is 66.9 Å². The summed E-state index contributed by atoms with van der Waals surface area (Å²) in [6, 6.07) is 4.04. The van der Waals surface area contributed by atoms with Crippen LogP contribution in [0.2, 0.25) is 0 Å². The third-order valence-corrected chi connectivity index (χ3v) is 11.5. The highest BCUT2D eigenvalue weighted by atomic mass is 31.2. The third kappa shape index (κ3) is 28.5. The molecule has 2 unspecified atom stereocenters. The van der Waals surface area contributed by atoms with Crippen molar-refractivity contribution in [1.29, 1.82) is 0 Å². The van der Waals surface area contributed by atoms with Crippen molar-refractivity contribution >= 4 is 25.6 Å². The van der Waals surface area contributed by atoms with Crippen molar-refractivity contribution in [2.75, 3.05) is 37.8 Å². The molecule has 1 aromatic heterocycles. The number of allylic oxidation sites excluding steroid dienone is 8. The lowest BCUT2D eigenvalue weighted by molar-refractivity contribution is -0.671. The van der Waals surface area contributed by atoms with E-state index in [1.54, 1.807) is 0 Å². The first-order valence-electron chi connectivity index (χ1n) is 23.5. The van der Waals surface area contributed by atoms with Crippen LogP contribution in [-0.4, -0.2) is 51.0 Å². The first-order chi connectivity index (χ1) is 29.2. The summed E-state index contributed by atoms with van der Waals surface area (Å²) in [6.45, 7) is 7.56. The number of carbonyl (C=O) groups is 2. The van der Waals surface area contributed by atoms with Crippen LogP contribution in [0.3, 0.4) is 0 Å². The maximum absolute atomic E-state index is 12.8. The molecule has 10 nitrogen and oxygen atoms in total. The number of phosphoric acid groups is 1. The minimum Gasteiger partial charge on any atom is -0.756 e. The minimum atomic E-state index is -4.72. The SMILES string of the molecule is CCCCC/C=C\C/C=C\CCCCCCCC(=O)OCC(COP(=O)([O-])OCCN1CC[n+]2cc(C)ccc21)OC(=O)CCCCCCC/C=C\C/C=C\CCCCC. The number of hydrogen-bond donors (Lipinski definition) is 0. The molecule has 0 radical (unpaired) electrons. The molecule has 0 saturated carbocycles. The lowest BCUT2D eigenvalue weighted by Crippen LogP contribution is -2.32. The Kier molecular flexibility index (Phi) is 31.5. The summed E-state index contributed by atoms with van der Waals surface area (Å²) in [7, 11) is -4.72. The first kappa shape index (κ1) is 53.1. The zero-order valence-corrected chi connectivity index (χ0v) is 38.6. The molecule has 0 saturated heterocycles. The molecule has 0 spiro atoms. The molecule has 0 aliphatic carbocycles. The maximum atomic E-state index is 12.8. The summed E-state index contributed by atoms with van der Waals surface area (Å²) in [5.41, 5.74) is 1.16. The van der Waals surface area contributed by atoms with Crippen LogP contribution in [0, 0.1) is 6.92 Å². The standard InChI is InChI=1S/C49H81N2O8P/c1-4-6-8-10-12-14-16-18-20-22-24-26-28-30-32-34-48(52)56-43-46(44-58-60(54,55)57-41-40-50-38-39-51-42-45(3)36-37-47(50)51)59-49(53)35-33-31-29-27-25-23-21-19-17-15-13-11-9-7-5-2/h12-15,18-21,36-37,42,46H,4-11,16-17,22-35,38-41,43-44H2,1-3H3/b14-12-,15-13-,20-18-,21-19-. The summed E-state index contributed by atoms with van der Waals surface area (Å²) in [6.07, 6.45) is 43.2. The average molecular weight is 857 g/mol. The largest absolute Gasteiger partial charge is 0.756 e. The molecule has 1 aliphatic rings. The van der Waals surface area contributed by atoms with Gasteiger partial charge in [-0.2, -0.15) is 0 Å². The van der Waals surface area contributed by atoms with Crippen molar-refractivity contribution in [3.8, 4) is 0 Å². The Morgan fingerprint density at radius 3 is 1.78 bits per heavy atom. The molecule has 0 amide bonds. The highest BCUT2D eigenvalue weighted by Crippen LogP contribution is 2.38. The fourth-order valence-electron chi connectivity index (χ4n) is 6.95. The van der Waals surface area contributed by atoms with Crippen LogP contribution in [0.4, 0.5) is 5.82 Å². The number of aryl methyl sites for hydroxylation is 1. The fourth-order valence-corrected chi connectivity index (χ4v) is 7.68. The van der Waals surface area contributed by atoms with E-state index in [0.29, 0.717) is 19.4 Å². The summed E-state index contributed by atoms with van der Waals surface area (Å²) in [5, 5.41) is 0. The second-order valence-corrected chi connectivity index (χ2v) is 17.5. The zero-order valence-electron chi connectivity index (χ0n) is 37.7. The van der Waals surface area contributed by atoms with E-state index in [1.807, 2.05) is 19.1 Å². The van der Waals surface area contributed by atoms with Gasteiger partial charge in [-0.15, -0.1) is 0 Å². The first-order valence-corrected chi connectivity index (χ1v) is 25.0. The Morgan fingerprint density at radius 2 is 1.22 bits per heavy atom. The van der Waals surface area contributed by atoms with Crippen molar-refractivity contribution in [3.63, 3.8) is 0 Å². The summed E-state index contributed by atoms with van der Waals surface area (Å²) in [5.74, 6) is 0.126. The van der Waals surface area contributed by atoms with Crippen molar-refractivity contribution in [2.24, 2.45) is 0 Å². The molecule has 11 heteroatoms. The van der Waals surface area contributed by atoms with Crippen LogP contribution in [0.5, 0.6) is 0 Å². The van der Waals surface area contributed by atoms with Gasteiger partial charge in [0.15, 0.2) is 6.10 Å². The number of aromatic nitrogens is 1. The second-order valence-electron chi connectivity index (χ2n) is 16.1. The van der Waals surface area contributed by atoms with Gasteiger partial charge >= 0.3 is 11.9 Å². The van der Waals surface area contributed by atoms with Gasteiger partial charge in [0, 0.05) is 18.9 Å². The van der Waals surface area contributed by atoms with Gasteiger partial charge in [0.1, 0.15) is 26.2 Å². The van der Waals surface area contributed by atoms with E-state index in [-0.39, 0.29) is 26.1 Å². The third-order valence-electron chi connectivity index (χ3n) is 10.5. The number of anilines is 1. The average Bonchev–Trinajstić information content (AvgIpc) is 3.63. The number of esters is 2. The molecule has 340 valence electrons. The van der Waals surface area contributed by atoms with Crippen LogP contribution < -0.4 is 14.4 Å². The van der Waals surface area contributed by atoms with Crippen LogP contribution in [0.1, 0.15) is 174 Å². The van der Waals surface area contributed by atoms with E-state index < -0.39 is 32.5 Å². The smallest absolute Gasteiger partial charge is 0.306 e. The van der Waals surface area contributed by atoms with Crippen LogP contribution in [-0.2, 0) is 39.2 Å². The Balaban J connectivity index is 1.69. The normalized spacial score (nSPS) is 14.5. The Labute approximate surface area is 364 Å². The van der Waals surface area contributed by atoms with E-state index in [0.717, 1.165) is 102 Å². The van der Waals surface area contributed by atoms with Gasteiger partial charge in [-0.1, -0.05) is 127 Å². The quantitative estimate of drug-likeness (QED) is 0.0210. The van der Waals surface area contributed by atoms with E-state index in [9.17, 15) is 19.0 Å². The predicted molar refractivity (Wildman–Crippen MR) is 243 cm³/mol. The number of hydrogen-bond acceptors (Lipinski definition) is 9. The topological polar surface area (TPSA) is 118 Å². The number of nitrogens with zero attached hydrogens (tertiary/aromatic N) is 2. The van der Waals surface area contributed by atoms with Crippen molar-refractivity contribution in [3.05, 3.63) is 72.5 Å². The molecule has 0 fully saturated rings. The fraction of sp³-hybridized carbons (Fsp3) is 0.694. The van der Waals surface area contributed by atoms with Gasteiger partial charge in [0.2, 0.25) is 0 Å². The van der Waals surface area contributed by atoms with E-state index in [2.05, 4.69) is 78.1 Å². The summed E-state index contributed by atoms with van der Waals surface area (Å²) in [4.78, 5) is 40.2. The van der Waals surface area contributed by atoms with Crippen LogP contribution in [0.25, 0.3) is 0 Å². The number of phosphoric ester groups is 1. The van der Waals surface area contributed by atoms with Gasteiger partial charge in [-0.25, -0.2) is 4.57 Å². The molecular formula is C49H81N2O8P. The van der Waals surface area contributed by atoms with Gasteiger partial charge in [0.25, 0.3) is 13.6 Å². The van der Waals surface area contributed by atoms with E-state index in [4.69, 9.17) is 18.5 Å². The molecule has 0 N–H and O–H groups in total. The number of pyridine rings is 1. The molecule has 0 bridgehead atoms. The molecule has 2 heterocycles. The Morgan fingerprint density at radius 1 is 0.700 bits per heavy atom. The molecular weight excluding hydrogens is 776 g/mol. The summed E-state index contributed by atoms with van der Waals surface area (Å²) >= 11 is 0. The second kappa shape index (κ2) is 35.5. The molecule has 2 atom stereocenters. The maximum Gasteiger partial charge on any atom is 0.306 e. The van der Waals surface area contributed by atoms with Crippen molar-refractivity contribution in [2.45, 2.75) is 188 Å². The van der Waals surface area contributed by atoms with Gasteiger partial charge < -0.3 is 23.4 Å². The minimum absolute atomic E-state index is 0.0888. The Hall–Kier alpha value is -3.04. The van der Waals surface area contributed by atoms with Gasteiger partial charge in [-0.3, -0.25) is 19.1 Å². The number of unbranched alkanes of at least 4 members (excludes halogenated alkanes) is 16. The molecule has 0 aromatic carbocycles. The van der Waals surface area contributed by atoms with Crippen molar-refractivity contribution in [1.82, 2.24) is 0 Å². The number of carbonyl (C=O) groups excluding carboxylic acids is 2. The molecule has 2 rings (SSSR count). The number of ether oxygens (including phenoxy) is 2. The lowest BCUT2D eigenvalue weighted by Gasteiger charge is -2.26. The van der Waals surface area contributed by atoms with E-state index in [1.165, 1.54) is 51.4 Å². The Bertz CT molecular complexity index is 1440. The number of rotatable bonds is 38. The summed E-state index contributed by atoms with van der Waals surface area (Å²) < 4.78 is 36.2. The predicted octanol–water partition coefficient (Wildman–Crippen LogP) is 11.7. The van der Waals surface area contributed by atoms with Crippen molar-refractivity contribution < 1.29 is 42.1 Å². The molecule has 60 heavy (non-hydrogen) atoms. The lowest BCUT2D eigenvalue weighted by atomic mass is 10.1. The van der Waals surface area contributed by atoms with Gasteiger partial charge in [-0.05, 0) is 95.6 Å². The van der Waals surface area contributed by atoms with E-state index >= 15 is 0 Å². The number of fused-ring (bicyclic) bond motifs is 1. The molecule has 1 aliphatic heterocycles. The van der Waals surface area contributed by atoms with Crippen LogP contribution >= 0.6 is 7.82 Å². The monoisotopic (exact) mass is 857 g/mol.